The van der Waals surface area contributed by atoms with E-state index in [2.05, 4.69) is 10.2 Å². The van der Waals surface area contributed by atoms with Gasteiger partial charge in [0.25, 0.3) is 0 Å². The Morgan fingerprint density at radius 3 is 2.67 bits per heavy atom. The Bertz CT molecular complexity index is 462. The standard InChI is InChI=1S/C11H11N3O/c1-14-12-8-10(13-14)11(15)7-9-5-3-2-4-6-9/h2-6,8H,7H2,1H3. The predicted octanol–water partition coefficient (Wildman–Crippen LogP) is 1.24. The molecule has 0 saturated heterocycles. The van der Waals surface area contributed by atoms with Crippen molar-refractivity contribution in [1.82, 2.24) is 15.0 Å². The van der Waals surface area contributed by atoms with Gasteiger partial charge in [-0.05, 0) is 5.56 Å². The molecule has 1 aromatic heterocycles. The van der Waals surface area contributed by atoms with Gasteiger partial charge in [0.15, 0.2) is 5.78 Å². The summed E-state index contributed by atoms with van der Waals surface area (Å²) in [7, 11) is 1.69. The minimum Gasteiger partial charge on any atom is -0.292 e. The van der Waals surface area contributed by atoms with Gasteiger partial charge >= 0.3 is 0 Å². The first-order valence-electron chi connectivity index (χ1n) is 4.69. The van der Waals surface area contributed by atoms with E-state index in [0.29, 0.717) is 12.1 Å². The van der Waals surface area contributed by atoms with Gasteiger partial charge in [0, 0.05) is 13.5 Å². The van der Waals surface area contributed by atoms with E-state index in [1.807, 2.05) is 30.3 Å². The number of hydrogen-bond donors (Lipinski definition) is 0. The van der Waals surface area contributed by atoms with Gasteiger partial charge in [-0.3, -0.25) is 4.79 Å². The molecule has 0 bridgehead atoms. The number of hydrogen-bond acceptors (Lipinski definition) is 3. The first kappa shape index (κ1) is 9.58. The molecule has 0 saturated carbocycles. The zero-order valence-corrected chi connectivity index (χ0v) is 8.42. The average molecular weight is 201 g/mol. The largest absolute Gasteiger partial charge is 0.292 e. The number of ketones is 1. The van der Waals surface area contributed by atoms with Gasteiger partial charge in [0.05, 0.1) is 6.20 Å². The van der Waals surface area contributed by atoms with Crippen LogP contribution < -0.4 is 0 Å². The number of rotatable bonds is 3. The van der Waals surface area contributed by atoms with Crippen LogP contribution in [0.25, 0.3) is 0 Å². The molecular formula is C11H11N3O. The van der Waals surface area contributed by atoms with Gasteiger partial charge in [-0.2, -0.15) is 15.0 Å². The van der Waals surface area contributed by atoms with E-state index < -0.39 is 0 Å². The summed E-state index contributed by atoms with van der Waals surface area (Å²) >= 11 is 0. The van der Waals surface area contributed by atoms with Crippen LogP contribution >= 0.6 is 0 Å². The summed E-state index contributed by atoms with van der Waals surface area (Å²) in [5.41, 5.74) is 1.41. The predicted molar refractivity (Wildman–Crippen MR) is 55.5 cm³/mol. The Balaban J connectivity index is 2.11. The van der Waals surface area contributed by atoms with Gasteiger partial charge < -0.3 is 0 Å². The third-order valence-corrected chi connectivity index (χ3v) is 2.09. The van der Waals surface area contributed by atoms with Crippen LogP contribution in [0.3, 0.4) is 0 Å². The Morgan fingerprint density at radius 2 is 2.07 bits per heavy atom. The smallest absolute Gasteiger partial charge is 0.189 e. The summed E-state index contributed by atoms with van der Waals surface area (Å²) in [6, 6.07) is 9.61. The van der Waals surface area contributed by atoms with Crippen LogP contribution in [0, 0.1) is 0 Å². The van der Waals surface area contributed by atoms with Crippen LogP contribution in [0.1, 0.15) is 16.1 Å². The van der Waals surface area contributed by atoms with Crippen LogP contribution in [0.5, 0.6) is 0 Å². The van der Waals surface area contributed by atoms with Crippen LogP contribution in [-0.2, 0) is 13.5 Å². The molecule has 2 rings (SSSR count). The van der Waals surface area contributed by atoms with Crippen LogP contribution in [0.15, 0.2) is 36.5 Å². The second-order valence-corrected chi connectivity index (χ2v) is 3.30. The van der Waals surface area contributed by atoms with E-state index >= 15 is 0 Å². The molecule has 0 aliphatic rings. The fraction of sp³-hybridized carbons (Fsp3) is 0.182. The number of carbonyl (C=O) groups excluding carboxylic acids is 1. The van der Waals surface area contributed by atoms with Crippen molar-refractivity contribution in [3.05, 3.63) is 47.8 Å². The lowest BCUT2D eigenvalue weighted by Crippen LogP contribution is -2.05. The molecule has 0 aliphatic carbocycles. The first-order chi connectivity index (χ1) is 7.25. The van der Waals surface area contributed by atoms with E-state index in [0.717, 1.165) is 5.56 Å². The highest BCUT2D eigenvalue weighted by Crippen LogP contribution is 2.04. The highest BCUT2D eigenvalue weighted by atomic mass is 16.1. The van der Waals surface area contributed by atoms with Crippen molar-refractivity contribution in [2.24, 2.45) is 7.05 Å². The molecule has 1 aromatic carbocycles. The lowest BCUT2D eigenvalue weighted by Gasteiger charge is -1.96. The van der Waals surface area contributed by atoms with E-state index in [9.17, 15) is 4.79 Å². The molecule has 0 aliphatic heterocycles. The minimum absolute atomic E-state index is 0.00528. The van der Waals surface area contributed by atoms with E-state index in [4.69, 9.17) is 0 Å². The second-order valence-electron chi connectivity index (χ2n) is 3.30. The van der Waals surface area contributed by atoms with Crippen molar-refractivity contribution in [2.45, 2.75) is 6.42 Å². The summed E-state index contributed by atoms with van der Waals surface area (Å²) < 4.78 is 0. The molecule has 0 atom stereocenters. The number of nitrogens with zero attached hydrogens (tertiary/aromatic N) is 3. The Labute approximate surface area is 87.5 Å². The second kappa shape index (κ2) is 4.04. The number of carbonyl (C=O) groups is 1. The molecule has 0 unspecified atom stereocenters. The fourth-order valence-corrected chi connectivity index (χ4v) is 1.35. The summed E-state index contributed by atoms with van der Waals surface area (Å²) in [5.74, 6) is -0.00528. The van der Waals surface area contributed by atoms with Gasteiger partial charge in [-0.1, -0.05) is 30.3 Å². The molecule has 76 valence electrons. The molecule has 0 spiro atoms. The molecule has 15 heavy (non-hydrogen) atoms. The lowest BCUT2D eigenvalue weighted by atomic mass is 10.1. The van der Waals surface area contributed by atoms with Crippen molar-refractivity contribution in [3.63, 3.8) is 0 Å². The van der Waals surface area contributed by atoms with Crippen LogP contribution in [0.2, 0.25) is 0 Å². The SMILES string of the molecule is Cn1ncc(C(=O)Cc2ccccc2)n1. The molecule has 1 heterocycles. The number of benzene rings is 1. The quantitative estimate of drug-likeness (QED) is 0.702. The number of Topliss-reactive ketones (excluding diaryl/α,β-unsaturated/α-hetero) is 1. The third-order valence-electron chi connectivity index (χ3n) is 2.09. The Kier molecular flexibility index (Phi) is 2.58. The average Bonchev–Trinajstić information content (AvgIpc) is 2.66. The number of aromatic nitrogens is 3. The van der Waals surface area contributed by atoms with E-state index in [1.165, 1.54) is 11.0 Å². The van der Waals surface area contributed by atoms with Gasteiger partial charge in [0.2, 0.25) is 0 Å². The zero-order valence-electron chi connectivity index (χ0n) is 8.42. The maximum absolute atomic E-state index is 11.7. The van der Waals surface area contributed by atoms with Crippen molar-refractivity contribution < 1.29 is 4.79 Å². The summed E-state index contributed by atoms with van der Waals surface area (Å²) in [6.45, 7) is 0. The molecule has 2 aromatic rings. The van der Waals surface area contributed by atoms with E-state index in [-0.39, 0.29) is 5.78 Å². The first-order valence-corrected chi connectivity index (χ1v) is 4.69. The maximum Gasteiger partial charge on any atom is 0.189 e. The van der Waals surface area contributed by atoms with Crippen molar-refractivity contribution >= 4 is 5.78 Å². The molecule has 4 heteroatoms. The van der Waals surface area contributed by atoms with Crippen LogP contribution in [0.4, 0.5) is 0 Å². The minimum atomic E-state index is -0.00528. The monoisotopic (exact) mass is 201 g/mol. The van der Waals surface area contributed by atoms with Crippen LogP contribution in [-0.4, -0.2) is 20.8 Å². The summed E-state index contributed by atoms with van der Waals surface area (Å²) in [4.78, 5) is 13.1. The summed E-state index contributed by atoms with van der Waals surface area (Å²) in [5, 5.41) is 7.83. The van der Waals surface area contributed by atoms with Crippen molar-refractivity contribution in [3.8, 4) is 0 Å². The van der Waals surface area contributed by atoms with Gasteiger partial charge in [-0.25, -0.2) is 0 Å². The molecule has 0 amide bonds. The Morgan fingerprint density at radius 1 is 1.33 bits per heavy atom. The molecule has 0 radical (unpaired) electrons. The Hall–Kier alpha value is -1.97. The van der Waals surface area contributed by atoms with E-state index in [1.54, 1.807) is 7.05 Å². The molecular weight excluding hydrogens is 190 g/mol. The normalized spacial score (nSPS) is 10.2. The van der Waals surface area contributed by atoms with Crippen molar-refractivity contribution in [2.75, 3.05) is 0 Å². The fourth-order valence-electron chi connectivity index (χ4n) is 1.35. The van der Waals surface area contributed by atoms with Gasteiger partial charge in [0.1, 0.15) is 5.69 Å². The molecule has 0 N–H and O–H groups in total. The third kappa shape index (κ3) is 2.28. The van der Waals surface area contributed by atoms with Gasteiger partial charge in [-0.15, -0.1) is 0 Å². The topological polar surface area (TPSA) is 47.8 Å². The highest BCUT2D eigenvalue weighted by Gasteiger charge is 2.09. The molecule has 0 fully saturated rings. The lowest BCUT2D eigenvalue weighted by molar-refractivity contribution is 0.0987. The maximum atomic E-state index is 11.7. The zero-order chi connectivity index (χ0) is 10.7. The number of aryl methyl sites for hydroxylation is 1. The molecule has 4 nitrogen and oxygen atoms in total. The summed E-state index contributed by atoms with van der Waals surface area (Å²) in [6.07, 6.45) is 1.87. The van der Waals surface area contributed by atoms with Crippen molar-refractivity contribution in [1.29, 1.82) is 0 Å². The highest BCUT2D eigenvalue weighted by molar-refractivity contribution is 5.95.